The van der Waals surface area contributed by atoms with Crippen LogP contribution in [0.4, 0.5) is 4.79 Å². The van der Waals surface area contributed by atoms with Gasteiger partial charge in [-0.05, 0) is 51.9 Å². The molecule has 2 bridgehead atoms. The molecule has 2 fully saturated rings. The Labute approximate surface area is 102 Å². The highest BCUT2D eigenvalue weighted by atomic mass is 16.6. The second-order valence-corrected chi connectivity index (χ2v) is 6.22. The molecule has 0 heterocycles. The number of carbonyl (C=O) groups excluding carboxylic acids is 2. The molecule has 2 rings (SSSR count). The Hall–Kier alpha value is -1.06. The Bertz CT molecular complexity index is 321. The number of amides is 1. The molecule has 1 amide bonds. The van der Waals surface area contributed by atoms with E-state index >= 15 is 0 Å². The summed E-state index contributed by atoms with van der Waals surface area (Å²) in [6, 6.07) is -0.0129. The lowest BCUT2D eigenvalue weighted by atomic mass is 9.85. The summed E-state index contributed by atoms with van der Waals surface area (Å²) in [7, 11) is 0. The summed E-state index contributed by atoms with van der Waals surface area (Å²) in [5.41, 5.74) is -0.488. The van der Waals surface area contributed by atoms with Crippen LogP contribution in [0, 0.1) is 17.8 Å². The Morgan fingerprint density at radius 3 is 2.53 bits per heavy atom. The lowest BCUT2D eigenvalue weighted by Gasteiger charge is -2.29. The minimum absolute atomic E-state index is 0.0127. The van der Waals surface area contributed by atoms with Crippen LogP contribution in [0.25, 0.3) is 0 Å². The highest BCUT2D eigenvalue weighted by molar-refractivity contribution is 5.69. The number of hydrogen-bond donors (Lipinski definition) is 1. The van der Waals surface area contributed by atoms with Crippen molar-refractivity contribution >= 4 is 12.4 Å². The number of nitrogens with one attached hydrogen (secondary N) is 1. The number of fused-ring (bicyclic) bond motifs is 2. The summed E-state index contributed by atoms with van der Waals surface area (Å²) < 4.78 is 5.23. The zero-order chi connectivity index (χ0) is 12.6. The Morgan fingerprint density at radius 2 is 1.94 bits per heavy atom. The molecule has 2 aliphatic rings. The molecule has 0 aliphatic heterocycles. The van der Waals surface area contributed by atoms with Crippen LogP contribution >= 0.6 is 0 Å². The summed E-state index contributed by atoms with van der Waals surface area (Å²) in [6.07, 6.45) is 3.92. The van der Waals surface area contributed by atoms with E-state index in [0.29, 0.717) is 11.8 Å². The molecule has 17 heavy (non-hydrogen) atoms. The molecule has 0 aromatic heterocycles. The van der Waals surface area contributed by atoms with Gasteiger partial charge < -0.3 is 14.8 Å². The van der Waals surface area contributed by atoms with Gasteiger partial charge in [-0.1, -0.05) is 0 Å². The van der Waals surface area contributed by atoms with E-state index < -0.39 is 11.7 Å². The summed E-state index contributed by atoms with van der Waals surface area (Å²) in [4.78, 5) is 22.8. The van der Waals surface area contributed by atoms with Crippen molar-refractivity contribution in [3.05, 3.63) is 0 Å². The summed E-state index contributed by atoms with van der Waals surface area (Å²) in [5.74, 6) is 0.918. The first-order valence-electron chi connectivity index (χ1n) is 6.35. The number of ether oxygens (including phenoxy) is 1. The molecular formula is C13H21NO3. The highest BCUT2D eigenvalue weighted by Gasteiger charge is 2.48. The average molecular weight is 239 g/mol. The van der Waals surface area contributed by atoms with Gasteiger partial charge in [-0.25, -0.2) is 4.79 Å². The molecule has 0 unspecified atom stereocenters. The topological polar surface area (TPSA) is 55.4 Å². The first-order chi connectivity index (χ1) is 7.90. The molecule has 4 heteroatoms. The molecule has 1 N–H and O–H groups in total. The van der Waals surface area contributed by atoms with Crippen molar-refractivity contribution in [3.8, 4) is 0 Å². The maximum atomic E-state index is 11.7. The van der Waals surface area contributed by atoms with Gasteiger partial charge in [0.05, 0.1) is 0 Å². The third-order valence-corrected chi connectivity index (χ3v) is 3.82. The minimum Gasteiger partial charge on any atom is -0.444 e. The lowest BCUT2D eigenvalue weighted by Crippen LogP contribution is -2.46. The number of alkyl carbamates (subject to hydrolysis) is 1. The van der Waals surface area contributed by atoms with Gasteiger partial charge in [-0.3, -0.25) is 0 Å². The van der Waals surface area contributed by atoms with Crippen molar-refractivity contribution in [1.82, 2.24) is 5.32 Å². The van der Waals surface area contributed by atoms with Gasteiger partial charge in [-0.15, -0.1) is 0 Å². The van der Waals surface area contributed by atoms with Gasteiger partial charge in [0.15, 0.2) is 0 Å². The smallest absolute Gasteiger partial charge is 0.407 e. The molecular weight excluding hydrogens is 218 g/mol. The number of rotatable bonds is 2. The van der Waals surface area contributed by atoms with Gasteiger partial charge >= 0.3 is 6.09 Å². The number of hydrogen-bond acceptors (Lipinski definition) is 3. The van der Waals surface area contributed by atoms with E-state index in [2.05, 4.69) is 5.32 Å². The predicted molar refractivity (Wildman–Crippen MR) is 63.5 cm³/mol. The van der Waals surface area contributed by atoms with Crippen LogP contribution in [0.1, 0.15) is 40.0 Å². The zero-order valence-electron chi connectivity index (χ0n) is 10.7. The van der Waals surface area contributed by atoms with Crippen LogP contribution in [-0.2, 0) is 9.53 Å². The lowest BCUT2D eigenvalue weighted by molar-refractivity contribution is -0.113. The SMILES string of the molecule is CC(C)(C)OC(=O)N[C@@H]1[C@H]2CC[C@@H](C2)[C@H]1C=O. The third-order valence-electron chi connectivity index (χ3n) is 3.82. The second-order valence-electron chi connectivity index (χ2n) is 6.22. The fraction of sp³-hybridized carbons (Fsp3) is 0.846. The van der Waals surface area contributed by atoms with Crippen LogP contribution in [0.5, 0.6) is 0 Å². The molecule has 0 aromatic carbocycles. The van der Waals surface area contributed by atoms with Crippen LogP contribution in [0.2, 0.25) is 0 Å². The van der Waals surface area contributed by atoms with E-state index in [1.807, 2.05) is 20.8 Å². The fourth-order valence-electron chi connectivity index (χ4n) is 3.19. The van der Waals surface area contributed by atoms with Gasteiger partial charge in [0, 0.05) is 12.0 Å². The van der Waals surface area contributed by atoms with E-state index in [0.717, 1.165) is 25.5 Å². The standard InChI is InChI=1S/C13H21NO3/c1-13(2,3)17-12(16)14-11-9-5-4-8(6-9)10(11)7-15/h7-11H,4-6H2,1-3H3,(H,14,16)/t8-,9-,10+,11+/m0/s1. The van der Waals surface area contributed by atoms with Gasteiger partial charge in [-0.2, -0.15) is 0 Å². The number of carbonyl (C=O) groups is 2. The van der Waals surface area contributed by atoms with Crippen molar-refractivity contribution in [3.63, 3.8) is 0 Å². The Balaban J connectivity index is 1.94. The quantitative estimate of drug-likeness (QED) is 0.751. The van der Waals surface area contributed by atoms with E-state index in [9.17, 15) is 9.59 Å². The maximum absolute atomic E-state index is 11.7. The molecule has 0 saturated heterocycles. The van der Waals surface area contributed by atoms with Gasteiger partial charge in [0.25, 0.3) is 0 Å². The molecule has 4 nitrogen and oxygen atoms in total. The van der Waals surface area contributed by atoms with E-state index in [1.165, 1.54) is 0 Å². The molecule has 0 spiro atoms. The first-order valence-corrected chi connectivity index (χ1v) is 6.35. The van der Waals surface area contributed by atoms with Gasteiger partial charge in [0.1, 0.15) is 11.9 Å². The second kappa shape index (κ2) is 4.31. The normalized spacial score (nSPS) is 35.7. The number of aldehydes is 1. The summed E-state index contributed by atoms with van der Waals surface area (Å²) in [5, 5.41) is 2.88. The Kier molecular flexibility index (Phi) is 3.15. The average Bonchev–Trinajstić information content (AvgIpc) is 2.74. The van der Waals surface area contributed by atoms with E-state index in [-0.39, 0.29) is 12.0 Å². The van der Waals surface area contributed by atoms with Crippen molar-refractivity contribution in [2.24, 2.45) is 17.8 Å². The fourth-order valence-corrected chi connectivity index (χ4v) is 3.19. The van der Waals surface area contributed by atoms with Crippen molar-refractivity contribution in [1.29, 1.82) is 0 Å². The monoisotopic (exact) mass is 239 g/mol. The zero-order valence-corrected chi connectivity index (χ0v) is 10.7. The van der Waals surface area contributed by atoms with Crippen LogP contribution in [0.3, 0.4) is 0 Å². The third kappa shape index (κ3) is 2.61. The van der Waals surface area contributed by atoms with E-state index in [1.54, 1.807) is 0 Å². The van der Waals surface area contributed by atoms with Crippen molar-refractivity contribution in [2.75, 3.05) is 0 Å². The Morgan fingerprint density at radius 1 is 1.29 bits per heavy atom. The first kappa shape index (κ1) is 12.4. The molecule has 2 aliphatic carbocycles. The summed E-state index contributed by atoms with van der Waals surface area (Å²) in [6.45, 7) is 5.51. The van der Waals surface area contributed by atoms with Gasteiger partial charge in [0.2, 0.25) is 0 Å². The maximum Gasteiger partial charge on any atom is 0.407 e. The molecule has 0 radical (unpaired) electrons. The van der Waals surface area contributed by atoms with Crippen LogP contribution < -0.4 is 5.32 Å². The van der Waals surface area contributed by atoms with Crippen LogP contribution in [0.15, 0.2) is 0 Å². The minimum atomic E-state index is -0.488. The molecule has 2 saturated carbocycles. The van der Waals surface area contributed by atoms with E-state index in [4.69, 9.17) is 4.74 Å². The summed E-state index contributed by atoms with van der Waals surface area (Å²) >= 11 is 0. The molecule has 4 atom stereocenters. The molecule has 0 aromatic rings. The largest absolute Gasteiger partial charge is 0.444 e. The van der Waals surface area contributed by atoms with Crippen molar-refractivity contribution in [2.45, 2.75) is 51.7 Å². The van der Waals surface area contributed by atoms with Crippen molar-refractivity contribution < 1.29 is 14.3 Å². The highest BCUT2D eigenvalue weighted by Crippen LogP contribution is 2.47. The molecule has 96 valence electrons. The predicted octanol–water partition coefficient (Wildman–Crippen LogP) is 2.12. The van der Waals surface area contributed by atoms with Crippen LogP contribution in [-0.4, -0.2) is 24.0 Å².